The van der Waals surface area contributed by atoms with E-state index >= 15 is 0 Å². The number of nitrogens with one attached hydrogen (secondary N) is 2. The molecule has 40 heavy (non-hydrogen) atoms. The molecule has 2 fully saturated rings. The van der Waals surface area contributed by atoms with Gasteiger partial charge in [-0.15, -0.1) is 5.06 Å². The molecule has 0 radical (unpaired) electrons. The van der Waals surface area contributed by atoms with Crippen LogP contribution in [-0.4, -0.2) is 59.5 Å². The molecule has 3 amide bonds. The lowest BCUT2D eigenvalue weighted by Gasteiger charge is -2.26. The van der Waals surface area contributed by atoms with Crippen LogP contribution < -0.4 is 10.6 Å². The number of carbonyl (C=O) groups excluding carboxylic acids is 3. The maximum Gasteiger partial charge on any atom is 0.409 e. The van der Waals surface area contributed by atoms with Gasteiger partial charge in [-0.3, -0.25) is 14.5 Å². The van der Waals surface area contributed by atoms with Gasteiger partial charge in [0.1, 0.15) is 0 Å². The summed E-state index contributed by atoms with van der Waals surface area (Å²) in [5.41, 5.74) is 1.96. The Bertz CT molecular complexity index is 1140. The minimum atomic E-state index is -0.743. The number of nitrogens with zero attached hydrogens (tertiary/aromatic N) is 2. The van der Waals surface area contributed by atoms with Crippen LogP contribution in [0.15, 0.2) is 60.7 Å². The first kappa shape index (κ1) is 29.6. The molecule has 2 aromatic carbocycles. The summed E-state index contributed by atoms with van der Waals surface area (Å²) in [4.78, 5) is 46.6. The van der Waals surface area contributed by atoms with Crippen molar-refractivity contribution < 1.29 is 24.0 Å². The highest BCUT2D eigenvalue weighted by Gasteiger charge is 2.49. The zero-order valence-electron chi connectivity index (χ0n) is 24.0. The Morgan fingerprint density at radius 3 is 2.42 bits per heavy atom. The van der Waals surface area contributed by atoms with E-state index in [4.69, 9.17) is 9.57 Å². The van der Waals surface area contributed by atoms with E-state index < -0.39 is 24.6 Å². The Labute approximate surface area is 237 Å². The number of hydrogen-bond acceptors (Lipinski definition) is 6. The second-order valence-electron chi connectivity index (χ2n) is 11.5. The molecular weight excluding hydrogens is 508 g/mol. The lowest BCUT2D eigenvalue weighted by atomic mass is 9.93. The van der Waals surface area contributed by atoms with E-state index in [1.54, 1.807) is 9.96 Å². The lowest BCUT2D eigenvalue weighted by Crippen LogP contribution is -2.49. The molecule has 0 aromatic heterocycles. The van der Waals surface area contributed by atoms with Gasteiger partial charge in [0.05, 0.1) is 12.1 Å². The van der Waals surface area contributed by atoms with Crippen LogP contribution in [0.1, 0.15) is 70.5 Å². The molecule has 0 bridgehead atoms. The van der Waals surface area contributed by atoms with Gasteiger partial charge in [-0.2, -0.15) is 0 Å². The molecule has 4 rings (SSSR count). The molecule has 9 heteroatoms. The minimum absolute atomic E-state index is 0.0939. The smallest absolute Gasteiger partial charge is 0.409 e. The Morgan fingerprint density at radius 2 is 1.75 bits per heavy atom. The molecule has 2 aliphatic heterocycles. The number of ketones is 1. The average molecular weight is 551 g/mol. The molecular formula is C31H42N4O5. The summed E-state index contributed by atoms with van der Waals surface area (Å²) in [6.07, 6.45) is 1.21. The quantitative estimate of drug-likeness (QED) is 0.353. The Morgan fingerprint density at radius 1 is 1.07 bits per heavy atom. The lowest BCUT2D eigenvalue weighted by molar-refractivity contribution is -0.122. The van der Waals surface area contributed by atoms with Gasteiger partial charge in [0.2, 0.25) is 12.0 Å². The van der Waals surface area contributed by atoms with Crippen LogP contribution in [0, 0.1) is 5.41 Å². The van der Waals surface area contributed by atoms with Gasteiger partial charge in [0, 0.05) is 19.5 Å². The third kappa shape index (κ3) is 7.82. The van der Waals surface area contributed by atoms with Crippen molar-refractivity contribution in [3.05, 3.63) is 71.8 Å². The van der Waals surface area contributed by atoms with Crippen LogP contribution in [0.3, 0.4) is 0 Å². The average Bonchev–Trinajstić information content (AvgIpc) is 3.68. The van der Waals surface area contributed by atoms with Gasteiger partial charge in [-0.25, -0.2) is 9.59 Å². The number of alkyl carbamates (subject to hydrolysis) is 1. The zero-order valence-corrected chi connectivity index (χ0v) is 24.0. The number of hydroxylamine groups is 2. The predicted octanol–water partition coefficient (Wildman–Crippen LogP) is 5.19. The second-order valence-corrected chi connectivity index (χ2v) is 11.5. The van der Waals surface area contributed by atoms with Crippen LogP contribution in [-0.2, 0) is 20.8 Å². The van der Waals surface area contributed by atoms with E-state index in [1.807, 2.05) is 88.4 Å². The van der Waals surface area contributed by atoms with E-state index in [0.29, 0.717) is 32.4 Å². The zero-order chi connectivity index (χ0) is 28.7. The molecule has 2 N–H and O–H groups in total. The minimum Gasteiger partial charge on any atom is -0.425 e. The van der Waals surface area contributed by atoms with Gasteiger partial charge in [0.25, 0.3) is 0 Å². The Hall–Kier alpha value is -3.43. The van der Waals surface area contributed by atoms with Gasteiger partial charge < -0.3 is 15.4 Å². The van der Waals surface area contributed by atoms with E-state index in [9.17, 15) is 14.4 Å². The van der Waals surface area contributed by atoms with E-state index in [2.05, 4.69) is 10.6 Å². The van der Waals surface area contributed by atoms with Crippen molar-refractivity contribution in [1.29, 1.82) is 0 Å². The first-order valence-corrected chi connectivity index (χ1v) is 14.3. The molecule has 2 saturated heterocycles. The number of urea groups is 1. The molecule has 0 saturated carbocycles. The van der Waals surface area contributed by atoms with Crippen LogP contribution in [0.5, 0.6) is 0 Å². The van der Waals surface area contributed by atoms with E-state index in [-0.39, 0.29) is 23.3 Å². The molecule has 0 spiro atoms. The summed E-state index contributed by atoms with van der Waals surface area (Å²) in [5.74, 6) is -0.199. The third-order valence-corrected chi connectivity index (χ3v) is 7.51. The van der Waals surface area contributed by atoms with Crippen LogP contribution in [0.4, 0.5) is 9.59 Å². The monoisotopic (exact) mass is 550 g/mol. The van der Waals surface area contributed by atoms with Gasteiger partial charge in [-0.05, 0) is 36.3 Å². The van der Waals surface area contributed by atoms with Crippen molar-refractivity contribution in [2.24, 2.45) is 5.41 Å². The maximum absolute atomic E-state index is 13.3. The molecule has 216 valence electrons. The number of hydrogen-bond donors (Lipinski definition) is 2. The number of ether oxygens (including phenoxy) is 1. The summed E-state index contributed by atoms with van der Waals surface area (Å²) in [6, 6.07) is 18.7. The maximum atomic E-state index is 13.3. The summed E-state index contributed by atoms with van der Waals surface area (Å²) in [6.45, 7) is 9.03. The predicted molar refractivity (Wildman–Crippen MR) is 152 cm³/mol. The van der Waals surface area contributed by atoms with Crippen molar-refractivity contribution in [3.8, 4) is 0 Å². The number of unbranched alkanes of at least 4 members (excludes halogenated alkanes) is 1. The van der Waals surface area contributed by atoms with Gasteiger partial charge in [0.15, 0.2) is 6.23 Å². The molecule has 2 aliphatic rings. The fourth-order valence-corrected chi connectivity index (χ4v) is 5.18. The van der Waals surface area contributed by atoms with Crippen molar-refractivity contribution in [2.75, 3.05) is 13.1 Å². The molecule has 5 atom stereocenters. The van der Waals surface area contributed by atoms with Crippen molar-refractivity contribution in [3.63, 3.8) is 0 Å². The van der Waals surface area contributed by atoms with Crippen molar-refractivity contribution >= 4 is 17.9 Å². The summed E-state index contributed by atoms with van der Waals surface area (Å²) in [7, 11) is 0. The number of benzene rings is 2. The van der Waals surface area contributed by atoms with Gasteiger partial charge >= 0.3 is 12.1 Å². The van der Waals surface area contributed by atoms with Crippen LogP contribution in [0.2, 0.25) is 0 Å². The molecule has 2 aromatic rings. The summed E-state index contributed by atoms with van der Waals surface area (Å²) >= 11 is 0. The van der Waals surface area contributed by atoms with E-state index in [0.717, 1.165) is 24.0 Å². The molecule has 2 heterocycles. The number of amides is 3. The fraction of sp³-hybridized carbons (Fsp3) is 0.516. The SMILES string of the molecule is CCCC[C@H](NC(=O)OC1CC(C)(C)CN1C(=O)NCCc1ccccc1)C(=O)C1ON1[C@H](C)c1ccccc1. The highest BCUT2D eigenvalue weighted by molar-refractivity contribution is 5.91. The highest BCUT2D eigenvalue weighted by Crippen LogP contribution is 2.36. The molecule has 3 unspecified atom stereocenters. The summed E-state index contributed by atoms with van der Waals surface area (Å²) in [5, 5.41) is 7.38. The van der Waals surface area contributed by atoms with Crippen molar-refractivity contribution in [1.82, 2.24) is 20.6 Å². The Kier molecular flexibility index (Phi) is 9.81. The van der Waals surface area contributed by atoms with E-state index in [1.165, 1.54) is 0 Å². The highest BCUT2D eigenvalue weighted by atomic mass is 16.8. The number of likely N-dealkylation sites (tertiary alicyclic amines) is 1. The summed E-state index contributed by atoms with van der Waals surface area (Å²) < 4.78 is 5.76. The standard InChI is InChI=1S/C31H42N4O5/c1-5-6-17-25(27(36)28-35(40-28)22(2)24-15-11-8-12-16-24)33-30(38)39-26-20-31(3,4)21-34(26)29(37)32-19-18-23-13-9-7-10-14-23/h7-16,22,25-26,28H,5-6,17-21H2,1-4H3,(H,32,37)(H,33,38)/t22-,25+,26?,28?,35?/m1/s1. The first-order chi connectivity index (χ1) is 19.2. The largest absolute Gasteiger partial charge is 0.425 e. The van der Waals surface area contributed by atoms with Crippen molar-refractivity contribution in [2.45, 2.75) is 84.3 Å². The number of rotatable bonds is 12. The number of carbonyl (C=O) groups is 3. The van der Waals surface area contributed by atoms with Crippen LogP contribution >= 0.6 is 0 Å². The number of Topliss-reactive ketones (excluding diaryl/α,β-unsaturated/α-hetero) is 1. The normalized spacial score (nSPS) is 22.7. The Balaban J connectivity index is 1.33. The topological polar surface area (TPSA) is 103 Å². The molecule has 0 aliphatic carbocycles. The first-order valence-electron chi connectivity index (χ1n) is 14.3. The molecule has 9 nitrogen and oxygen atoms in total. The van der Waals surface area contributed by atoms with Gasteiger partial charge in [-0.1, -0.05) is 94.3 Å². The fourth-order valence-electron chi connectivity index (χ4n) is 5.18. The van der Waals surface area contributed by atoms with Crippen LogP contribution in [0.25, 0.3) is 0 Å². The second kappa shape index (κ2) is 13.3. The third-order valence-electron chi connectivity index (χ3n) is 7.51.